The first kappa shape index (κ1) is 26.0. The van der Waals surface area contributed by atoms with Gasteiger partial charge in [-0.1, -0.05) is 23.5 Å². The van der Waals surface area contributed by atoms with Crippen LogP contribution < -0.4 is 10.1 Å². The van der Waals surface area contributed by atoms with E-state index in [1.54, 1.807) is 10.9 Å². The number of hydrogen-bond donors (Lipinski definition) is 1. The van der Waals surface area contributed by atoms with E-state index >= 15 is 0 Å². The molecular formula is C26H32F3N5O2S. The van der Waals surface area contributed by atoms with Crippen molar-refractivity contribution in [2.45, 2.75) is 57.2 Å². The standard InChI is InChI=1S/C26H32F3N5O2S/c1-33-23-18(15-30-33)3-2-4-20(23)24(35)31-19-7-5-17(6-8-19)9-12-34-13-10-21-22(11-14-34)37-25(32-21)36-16-26(27,28)29/h2-4,15,17,19H,5-14,16H2,1H3,(H,31,35)/t17-,19-. The van der Waals surface area contributed by atoms with Crippen LogP contribution in [0.3, 0.4) is 0 Å². The van der Waals surface area contributed by atoms with Crippen LogP contribution in [0.4, 0.5) is 13.2 Å². The zero-order valence-electron chi connectivity index (χ0n) is 20.9. The molecule has 1 fully saturated rings. The lowest BCUT2D eigenvalue weighted by atomic mass is 9.84. The Hall–Kier alpha value is -2.66. The summed E-state index contributed by atoms with van der Waals surface area (Å²) in [7, 11) is 1.86. The number of aryl methyl sites for hydroxylation is 1. The first-order chi connectivity index (χ1) is 17.7. The second kappa shape index (κ2) is 11.0. The number of ether oxygens (including phenoxy) is 1. The van der Waals surface area contributed by atoms with Crippen LogP contribution in [0.2, 0.25) is 0 Å². The van der Waals surface area contributed by atoms with Gasteiger partial charge in [-0.05, 0) is 57.1 Å². The quantitative estimate of drug-likeness (QED) is 0.473. The van der Waals surface area contributed by atoms with E-state index in [1.807, 2.05) is 25.2 Å². The second-order valence-corrected chi connectivity index (χ2v) is 11.1. The van der Waals surface area contributed by atoms with Crippen molar-refractivity contribution in [3.05, 3.63) is 40.5 Å². The third kappa shape index (κ3) is 6.43. The number of rotatable bonds is 7. The summed E-state index contributed by atoms with van der Waals surface area (Å²) in [5.41, 5.74) is 2.41. The van der Waals surface area contributed by atoms with Gasteiger partial charge in [0.1, 0.15) is 0 Å². The average Bonchev–Trinajstić information content (AvgIpc) is 3.40. The predicted molar refractivity (Wildman–Crippen MR) is 136 cm³/mol. The van der Waals surface area contributed by atoms with Crippen molar-refractivity contribution in [3.8, 4) is 5.19 Å². The SMILES string of the molecule is Cn1ncc2cccc(C(=O)N[C@H]3CC[C@H](CCN4CCc5nc(OCC(F)(F)F)sc5CC4)CC3)c21. The molecule has 7 nitrogen and oxygen atoms in total. The van der Waals surface area contributed by atoms with Crippen molar-refractivity contribution in [1.82, 2.24) is 25.0 Å². The lowest BCUT2D eigenvalue weighted by molar-refractivity contribution is -0.153. The van der Waals surface area contributed by atoms with Crippen LogP contribution in [-0.4, -0.2) is 64.0 Å². The van der Waals surface area contributed by atoms with E-state index in [1.165, 1.54) is 11.3 Å². The molecule has 5 rings (SSSR count). The van der Waals surface area contributed by atoms with Gasteiger partial charge in [0.05, 0.1) is 23.0 Å². The number of thiazole rings is 1. The van der Waals surface area contributed by atoms with Crippen molar-refractivity contribution in [2.75, 3.05) is 26.2 Å². The Kier molecular flexibility index (Phi) is 7.71. The van der Waals surface area contributed by atoms with Gasteiger partial charge in [-0.2, -0.15) is 18.3 Å². The fourth-order valence-electron chi connectivity index (χ4n) is 5.45. The highest BCUT2D eigenvalue weighted by atomic mass is 32.1. The molecule has 0 spiro atoms. The molecule has 2 aromatic heterocycles. The average molecular weight is 536 g/mol. The minimum atomic E-state index is -4.35. The molecule has 0 unspecified atom stereocenters. The maximum absolute atomic E-state index is 13.0. The Labute approximate surface area is 218 Å². The summed E-state index contributed by atoms with van der Waals surface area (Å²) in [6.45, 7) is 1.47. The van der Waals surface area contributed by atoms with Gasteiger partial charge in [-0.3, -0.25) is 9.48 Å². The third-order valence-corrected chi connectivity index (χ3v) is 8.55. The second-order valence-electron chi connectivity index (χ2n) is 10.1. The molecule has 0 atom stereocenters. The van der Waals surface area contributed by atoms with Crippen molar-refractivity contribution in [1.29, 1.82) is 0 Å². The Bertz CT molecular complexity index is 1210. The van der Waals surface area contributed by atoms with E-state index in [9.17, 15) is 18.0 Å². The van der Waals surface area contributed by atoms with Gasteiger partial charge in [0.2, 0.25) is 0 Å². The van der Waals surface area contributed by atoms with Gasteiger partial charge >= 0.3 is 6.18 Å². The molecule has 3 aromatic rings. The third-order valence-electron chi connectivity index (χ3n) is 7.48. The van der Waals surface area contributed by atoms with Gasteiger partial charge in [0.15, 0.2) is 6.61 Å². The minimum Gasteiger partial charge on any atom is -0.460 e. The van der Waals surface area contributed by atoms with E-state index in [-0.39, 0.29) is 17.1 Å². The summed E-state index contributed by atoms with van der Waals surface area (Å²) in [4.78, 5) is 20.8. The molecule has 1 aliphatic heterocycles. The normalized spacial score (nSPS) is 21.0. The minimum absolute atomic E-state index is 0.0322. The molecule has 11 heteroatoms. The highest BCUT2D eigenvalue weighted by molar-refractivity contribution is 7.13. The summed E-state index contributed by atoms with van der Waals surface area (Å²) in [6.07, 6.45) is 4.26. The highest BCUT2D eigenvalue weighted by Crippen LogP contribution is 2.31. The molecule has 1 N–H and O–H groups in total. The molecule has 37 heavy (non-hydrogen) atoms. The molecule has 3 heterocycles. The summed E-state index contributed by atoms with van der Waals surface area (Å²) >= 11 is 1.24. The molecule has 1 aliphatic carbocycles. The lowest BCUT2D eigenvalue weighted by Crippen LogP contribution is -2.38. The Balaban J connectivity index is 1.04. The van der Waals surface area contributed by atoms with Gasteiger partial charge in [0.25, 0.3) is 11.1 Å². The number of carbonyl (C=O) groups excluding carboxylic acids is 1. The Morgan fingerprint density at radius 3 is 2.76 bits per heavy atom. The number of carbonyl (C=O) groups is 1. The topological polar surface area (TPSA) is 72.3 Å². The number of amides is 1. The Morgan fingerprint density at radius 1 is 1.19 bits per heavy atom. The van der Waals surface area contributed by atoms with Crippen molar-refractivity contribution < 1.29 is 22.7 Å². The summed E-state index contributed by atoms with van der Waals surface area (Å²) < 4.78 is 43.8. The van der Waals surface area contributed by atoms with Crippen LogP contribution >= 0.6 is 11.3 Å². The van der Waals surface area contributed by atoms with Crippen molar-refractivity contribution >= 4 is 28.1 Å². The van der Waals surface area contributed by atoms with E-state index in [0.717, 1.165) is 86.1 Å². The van der Waals surface area contributed by atoms with E-state index in [4.69, 9.17) is 4.74 Å². The molecule has 200 valence electrons. The first-order valence-corrected chi connectivity index (χ1v) is 13.7. The zero-order valence-corrected chi connectivity index (χ0v) is 21.7. The van der Waals surface area contributed by atoms with Gasteiger partial charge in [-0.15, -0.1) is 0 Å². The maximum atomic E-state index is 13.0. The predicted octanol–water partition coefficient (Wildman–Crippen LogP) is 4.75. The van der Waals surface area contributed by atoms with Crippen molar-refractivity contribution in [2.24, 2.45) is 13.0 Å². The molecule has 1 aromatic carbocycles. The number of alkyl halides is 3. The summed E-state index contributed by atoms with van der Waals surface area (Å²) in [5.74, 6) is 0.613. The molecule has 2 aliphatic rings. The number of hydrogen-bond acceptors (Lipinski definition) is 6. The van der Waals surface area contributed by atoms with E-state index in [2.05, 4.69) is 20.3 Å². The molecule has 0 radical (unpaired) electrons. The molecule has 0 saturated heterocycles. The summed E-state index contributed by atoms with van der Waals surface area (Å²) in [6, 6.07) is 5.92. The monoisotopic (exact) mass is 535 g/mol. The van der Waals surface area contributed by atoms with E-state index < -0.39 is 12.8 Å². The van der Waals surface area contributed by atoms with Crippen LogP contribution in [0.15, 0.2) is 24.4 Å². The number of fused-ring (bicyclic) bond motifs is 2. The fraction of sp³-hybridized carbons (Fsp3) is 0.577. The first-order valence-electron chi connectivity index (χ1n) is 12.9. The number of benzene rings is 1. The van der Waals surface area contributed by atoms with Gasteiger partial charge in [-0.25, -0.2) is 4.98 Å². The molecule has 1 amide bonds. The van der Waals surface area contributed by atoms with Gasteiger partial charge in [0, 0.05) is 42.9 Å². The van der Waals surface area contributed by atoms with Crippen LogP contribution in [0, 0.1) is 5.92 Å². The molecule has 1 saturated carbocycles. The smallest absolute Gasteiger partial charge is 0.422 e. The van der Waals surface area contributed by atoms with Crippen LogP contribution in [0.25, 0.3) is 10.9 Å². The summed E-state index contributed by atoms with van der Waals surface area (Å²) in [5, 5.41) is 8.60. The lowest BCUT2D eigenvalue weighted by Gasteiger charge is -2.30. The molecule has 0 bridgehead atoms. The fourth-order valence-corrected chi connectivity index (χ4v) is 6.40. The number of aromatic nitrogens is 3. The number of nitrogens with zero attached hydrogens (tertiary/aromatic N) is 4. The van der Waals surface area contributed by atoms with Crippen LogP contribution in [-0.2, 0) is 19.9 Å². The number of para-hydroxylation sites is 1. The van der Waals surface area contributed by atoms with Crippen LogP contribution in [0.5, 0.6) is 5.19 Å². The van der Waals surface area contributed by atoms with Crippen LogP contribution in [0.1, 0.15) is 53.0 Å². The largest absolute Gasteiger partial charge is 0.460 e. The zero-order chi connectivity index (χ0) is 26.0. The van der Waals surface area contributed by atoms with Gasteiger partial charge < -0.3 is 15.0 Å². The van der Waals surface area contributed by atoms with E-state index in [0.29, 0.717) is 11.5 Å². The number of nitrogens with one attached hydrogen (secondary N) is 1. The molecular weight excluding hydrogens is 503 g/mol. The number of halogens is 3. The highest BCUT2D eigenvalue weighted by Gasteiger charge is 2.30. The maximum Gasteiger partial charge on any atom is 0.422 e. The van der Waals surface area contributed by atoms with Crippen molar-refractivity contribution in [3.63, 3.8) is 0 Å². The Morgan fingerprint density at radius 2 is 1.97 bits per heavy atom.